The molecule has 0 aromatic heterocycles. The molecule has 0 aromatic rings. The van der Waals surface area contributed by atoms with Gasteiger partial charge in [-0.15, -0.1) is 0 Å². The van der Waals surface area contributed by atoms with Gasteiger partial charge in [0.05, 0.1) is 6.04 Å². The Balaban J connectivity index is 1.57. The molecule has 2 bridgehead atoms. The number of rotatable bonds is 2. The molecule has 0 spiro atoms. The highest BCUT2D eigenvalue weighted by Crippen LogP contribution is 2.27. The van der Waals surface area contributed by atoms with Gasteiger partial charge in [-0.05, 0) is 57.2 Å². The Kier molecular flexibility index (Phi) is 3.57. The Morgan fingerprint density at radius 3 is 2.67 bits per heavy atom. The number of nitrogens with zero attached hydrogens (tertiary/aromatic N) is 1. The first-order valence-corrected chi connectivity index (χ1v) is 7.50. The van der Waals surface area contributed by atoms with Crippen LogP contribution in [0.4, 0.5) is 0 Å². The highest BCUT2D eigenvalue weighted by atomic mass is 16.2. The largest absolute Gasteiger partial charge is 0.350 e. The van der Waals surface area contributed by atoms with E-state index < -0.39 is 0 Å². The van der Waals surface area contributed by atoms with Gasteiger partial charge in [0.1, 0.15) is 0 Å². The maximum absolute atomic E-state index is 12.4. The lowest BCUT2D eigenvalue weighted by Crippen LogP contribution is -2.61. The summed E-state index contributed by atoms with van der Waals surface area (Å²) in [4.78, 5) is 14.8. The Bertz CT molecular complexity index is 312. The van der Waals surface area contributed by atoms with Crippen LogP contribution in [0.25, 0.3) is 0 Å². The van der Waals surface area contributed by atoms with Crippen molar-refractivity contribution in [3.8, 4) is 0 Å². The van der Waals surface area contributed by atoms with Crippen LogP contribution in [-0.2, 0) is 4.79 Å². The molecule has 4 saturated heterocycles. The first kappa shape index (κ1) is 12.4. The SMILES string of the molecule is CC1CCCNC1C(=O)NC1CN2CCC1CC2. The van der Waals surface area contributed by atoms with Gasteiger partial charge in [0.25, 0.3) is 0 Å². The molecule has 0 radical (unpaired) electrons. The van der Waals surface area contributed by atoms with Crippen molar-refractivity contribution in [3.63, 3.8) is 0 Å². The van der Waals surface area contributed by atoms with E-state index in [0.717, 1.165) is 19.0 Å². The van der Waals surface area contributed by atoms with Crippen LogP contribution in [0, 0.1) is 11.8 Å². The lowest BCUT2D eigenvalue weighted by Gasteiger charge is -2.45. The van der Waals surface area contributed by atoms with E-state index in [4.69, 9.17) is 0 Å². The predicted octanol–water partition coefficient (Wildman–Crippen LogP) is 0.585. The van der Waals surface area contributed by atoms with Crippen LogP contribution in [0.2, 0.25) is 0 Å². The van der Waals surface area contributed by atoms with Crippen LogP contribution in [0.15, 0.2) is 0 Å². The third-order valence-corrected chi connectivity index (χ3v) is 5.04. The average molecular weight is 251 g/mol. The van der Waals surface area contributed by atoms with Crippen molar-refractivity contribution in [1.29, 1.82) is 0 Å². The second-order valence-corrected chi connectivity index (χ2v) is 6.30. The van der Waals surface area contributed by atoms with Gasteiger partial charge in [-0.25, -0.2) is 0 Å². The Morgan fingerprint density at radius 1 is 1.28 bits per heavy atom. The minimum atomic E-state index is 0.0363. The highest BCUT2D eigenvalue weighted by molar-refractivity contribution is 5.82. The lowest BCUT2D eigenvalue weighted by atomic mass is 9.83. The van der Waals surface area contributed by atoms with Crippen molar-refractivity contribution >= 4 is 5.91 Å². The van der Waals surface area contributed by atoms with Crippen LogP contribution in [0.5, 0.6) is 0 Å². The number of carbonyl (C=O) groups is 1. The molecule has 4 aliphatic heterocycles. The lowest BCUT2D eigenvalue weighted by molar-refractivity contribution is -0.127. The summed E-state index contributed by atoms with van der Waals surface area (Å²) in [6, 6.07) is 0.435. The molecule has 4 fully saturated rings. The minimum absolute atomic E-state index is 0.0363. The maximum atomic E-state index is 12.4. The third kappa shape index (κ3) is 2.41. The van der Waals surface area contributed by atoms with E-state index in [-0.39, 0.29) is 11.9 Å². The third-order valence-electron chi connectivity index (χ3n) is 5.04. The second kappa shape index (κ2) is 5.17. The Labute approximate surface area is 109 Å². The molecule has 1 amide bonds. The van der Waals surface area contributed by atoms with Crippen LogP contribution >= 0.6 is 0 Å². The summed E-state index contributed by atoms with van der Waals surface area (Å²) in [5.41, 5.74) is 0. The van der Waals surface area contributed by atoms with Gasteiger partial charge in [-0.1, -0.05) is 6.92 Å². The van der Waals surface area contributed by atoms with E-state index in [2.05, 4.69) is 22.5 Å². The first-order valence-electron chi connectivity index (χ1n) is 7.50. The zero-order valence-electron chi connectivity index (χ0n) is 11.3. The van der Waals surface area contributed by atoms with Crippen molar-refractivity contribution < 1.29 is 4.79 Å². The molecule has 4 aliphatic rings. The van der Waals surface area contributed by atoms with Crippen molar-refractivity contribution in [2.45, 2.75) is 44.7 Å². The molecule has 2 N–H and O–H groups in total. The van der Waals surface area contributed by atoms with Crippen LogP contribution in [0.1, 0.15) is 32.6 Å². The molecule has 18 heavy (non-hydrogen) atoms. The summed E-state index contributed by atoms with van der Waals surface area (Å²) in [6.07, 6.45) is 4.90. The smallest absolute Gasteiger partial charge is 0.237 e. The van der Waals surface area contributed by atoms with E-state index in [1.165, 1.54) is 38.8 Å². The van der Waals surface area contributed by atoms with Crippen LogP contribution < -0.4 is 10.6 Å². The number of amides is 1. The normalized spacial score (nSPS) is 43.7. The minimum Gasteiger partial charge on any atom is -0.350 e. The van der Waals surface area contributed by atoms with Gasteiger partial charge < -0.3 is 15.5 Å². The summed E-state index contributed by atoms with van der Waals surface area (Å²) in [6.45, 7) is 6.71. The molecule has 4 heteroatoms. The van der Waals surface area contributed by atoms with Crippen molar-refractivity contribution in [1.82, 2.24) is 15.5 Å². The van der Waals surface area contributed by atoms with Gasteiger partial charge in [-0.2, -0.15) is 0 Å². The summed E-state index contributed by atoms with van der Waals surface area (Å²) < 4.78 is 0. The van der Waals surface area contributed by atoms with Gasteiger partial charge in [0.2, 0.25) is 5.91 Å². The molecular formula is C14H25N3O. The molecular weight excluding hydrogens is 226 g/mol. The van der Waals surface area contributed by atoms with Crippen LogP contribution in [0.3, 0.4) is 0 Å². The van der Waals surface area contributed by atoms with Crippen molar-refractivity contribution in [3.05, 3.63) is 0 Å². The van der Waals surface area contributed by atoms with E-state index in [1.807, 2.05) is 0 Å². The maximum Gasteiger partial charge on any atom is 0.237 e. The fourth-order valence-corrected chi connectivity index (χ4v) is 3.80. The Morgan fingerprint density at radius 2 is 2.06 bits per heavy atom. The number of carbonyl (C=O) groups excluding carboxylic acids is 1. The van der Waals surface area contributed by atoms with Gasteiger partial charge in [0.15, 0.2) is 0 Å². The summed E-state index contributed by atoms with van der Waals surface area (Å²) >= 11 is 0. The van der Waals surface area contributed by atoms with Gasteiger partial charge in [0, 0.05) is 12.6 Å². The van der Waals surface area contributed by atoms with E-state index >= 15 is 0 Å². The number of hydrogen-bond acceptors (Lipinski definition) is 3. The topological polar surface area (TPSA) is 44.4 Å². The van der Waals surface area contributed by atoms with Gasteiger partial charge in [-0.3, -0.25) is 4.79 Å². The fraction of sp³-hybridized carbons (Fsp3) is 0.929. The molecule has 4 heterocycles. The van der Waals surface area contributed by atoms with E-state index in [0.29, 0.717) is 12.0 Å². The summed E-state index contributed by atoms with van der Waals surface area (Å²) in [5.74, 6) is 1.43. The average Bonchev–Trinajstić information content (AvgIpc) is 2.40. The standard InChI is InChI=1S/C14H25N3O/c1-10-3-2-6-15-13(10)14(18)16-12-9-17-7-4-11(12)5-8-17/h10-13,15H,2-9H2,1H3,(H,16,18). The van der Waals surface area contributed by atoms with E-state index in [9.17, 15) is 4.79 Å². The molecule has 0 saturated carbocycles. The molecule has 3 atom stereocenters. The fourth-order valence-electron chi connectivity index (χ4n) is 3.80. The molecule has 0 aliphatic carbocycles. The number of piperidine rings is 4. The highest BCUT2D eigenvalue weighted by Gasteiger charge is 2.36. The molecule has 4 nitrogen and oxygen atoms in total. The monoisotopic (exact) mass is 251 g/mol. The Hall–Kier alpha value is -0.610. The molecule has 4 rings (SSSR count). The summed E-state index contributed by atoms with van der Waals surface area (Å²) in [7, 11) is 0. The number of fused-ring (bicyclic) bond motifs is 3. The van der Waals surface area contributed by atoms with E-state index in [1.54, 1.807) is 0 Å². The molecule has 0 aromatic carbocycles. The van der Waals surface area contributed by atoms with Gasteiger partial charge >= 0.3 is 0 Å². The summed E-state index contributed by atoms with van der Waals surface area (Å²) in [5, 5.41) is 6.68. The number of hydrogen-bond donors (Lipinski definition) is 2. The predicted molar refractivity (Wildman–Crippen MR) is 71.3 cm³/mol. The van der Waals surface area contributed by atoms with Crippen LogP contribution in [-0.4, -0.2) is 49.1 Å². The zero-order chi connectivity index (χ0) is 12.5. The molecule has 3 unspecified atom stereocenters. The number of nitrogens with one attached hydrogen (secondary N) is 2. The zero-order valence-corrected chi connectivity index (χ0v) is 11.3. The first-order chi connectivity index (χ1) is 8.74. The second-order valence-electron chi connectivity index (χ2n) is 6.30. The van der Waals surface area contributed by atoms with Crippen molar-refractivity contribution in [2.75, 3.05) is 26.2 Å². The molecule has 102 valence electrons. The van der Waals surface area contributed by atoms with Crippen molar-refractivity contribution in [2.24, 2.45) is 11.8 Å². The quantitative estimate of drug-likeness (QED) is 0.755.